The van der Waals surface area contributed by atoms with E-state index in [1.165, 1.54) is 6.33 Å². The number of nitrogens with zero attached hydrogens (tertiary/aromatic N) is 3. The predicted molar refractivity (Wildman–Crippen MR) is 62.7 cm³/mol. The number of halogens is 2. The third-order valence-electron chi connectivity index (χ3n) is 2.03. The third kappa shape index (κ3) is 2.16. The zero-order chi connectivity index (χ0) is 10.8. The molecule has 0 unspecified atom stereocenters. The molecule has 0 aliphatic carbocycles. The molecule has 76 valence electrons. The maximum atomic E-state index is 5.95. The average molecular weight is 285 g/mol. The second-order valence-corrected chi connectivity index (χ2v) is 4.33. The van der Waals surface area contributed by atoms with E-state index < -0.39 is 0 Å². The van der Waals surface area contributed by atoms with Crippen LogP contribution in [0.2, 0.25) is 5.15 Å². The number of hydrogen-bond acceptors (Lipinski definition) is 3. The molecule has 0 amide bonds. The van der Waals surface area contributed by atoms with Crippen LogP contribution in [0.15, 0.2) is 29.0 Å². The monoisotopic (exact) mass is 283 g/mol. The fourth-order valence-corrected chi connectivity index (χ4v) is 1.82. The van der Waals surface area contributed by atoms with Crippen molar-refractivity contribution in [3.8, 4) is 11.3 Å². The van der Waals surface area contributed by atoms with E-state index in [1.807, 2.05) is 25.1 Å². The van der Waals surface area contributed by atoms with Crippen molar-refractivity contribution in [1.82, 2.24) is 15.2 Å². The topological polar surface area (TPSA) is 38.7 Å². The SMILES string of the molecule is Cc1ccc(Br)cc1-c1nncnc1Cl. The van der Waals surface area contributed by atoms with E-state index in [9.17, 15) is 0 Å². The lowest BCUT2D eigenvalue weighted by molar-refractivity contribution is 0.975. The maximum absolute atomic E-state index is 5.95. The molecule has 2 aromatic rings. The Labute approximate surface area is 101 Å². The van der Waals surface area contributed by atoms with Crippen molar-refractivity contribution >= 4 is 27.5 Å². The molecule has 0 aliphatic heterocycles. The van der Waals surface area contributed by atoms with Gasteiger partial charge in [-0.1, -0.05) is 33.6 Å². The van der Waals surface area contributed by atoms with Crippen LogP contribution in [0.25, 0.3) is 11.3 Å². The number of rotatable bonds is 1. The van der Waals surface area contributed by atoms with Crippen LogP contribution in [0.5, 0.6) is 0 Å². The molecule has 0 N–H and O–H groups in total. The van der Waals surface area contributed by atoms with Gasteiger partial charge in [-0.25, -0.2) is 4.98 Å². The Morgan fingerprint density at radius 3 is 2.87 bits per heavy atom. The smallest absolute Gasteiger partial charge is 0.159 e. The molecule has 1 aromatic carbocycles. The summed E-state index contributed by atoms with van der Waals surface area (Å²) in [6, 6.07) is 5.91. The normalized spacial score (nSPS) is 10.3. The maximum Gasteiger partial charge on any atom is 0.159 e. The Bertz CT molecular complexity index is 502. The highest BCUT2D eigenvalue weighted by Gasteiger charge is 2.09. The van der Waals surface area contributed by atoms with E-state index in [0.717, 1.165) is 15.6 Å². The van der Waals surface area contributed by atoms with Gasteiger partial charge >= 0.3 is 0 Å². The molecule has 2 rings (SSSR count). The fraction of sp³-hybridized carbons (Fsp3) is 0.100. The first kappa shape index (κ1) is 10.5. The van der Waals surface area contributed by atoms with Crippen LogP contribution >= 0.6 is 27.5 Å². The molecule has 15 heavy (non-hydrogen) atoms. The number of aryl methyl sites for hydroxylation is 1. The summed E-state index contributed by atoms with van der Waals surface area (Å²) in [4.78, 5) is 3.90. The summed E-state index contributed by atoms with van der Waals surface area (Å²) in [5, 5.41) is 8.08. The highest BCUT2D eigenvalue weighted by Crippen LogP contribution is 2.28. The minimum absolute atomic E-state index is 0.367. The van der Waals surface area contributed by atoms with Gasteiger partial charge in [-0.3, -0.25) is 0 Å². The lowest BCUT2D eigenvalue weighted by Crippen LogP contribution is -1.93. The van der Waals surface area contributed by atoms with E-state index in [2.05, 4.69) is 31.1 Å². The van der Waals surface area contributed by atoms with Gasteiger partial charge in [-0.2, -0.15) is 0 Å². The molecule has 0 radical (unpaired) electrons. The van der Waals surface area contributed by atoms with Gasteiger partial charge in [0.05, 0.1) is 0 Å². The molecule has 0 saturated heterocycles. The quantitative estimate of drug-likeness (QED) is 0.807. The van der Waals surface area contributed by atoms with E-state index in [0.29, 0.717) is 10.8 Å². The number of aromatic nitrogens is 3. The fourth-order valence-electron chi connectivity index (χ4n) is 1.28. The van der Waals surface area contributed by atoms with Gasteiger partial charge in [0.1, 0.15) is 12.0 Å². The lowest BCUT2D eigenvalue weighted by Gasteiger charge is -2.05. The zero-order valence-corrected chi connectivity index (χ0v) is 10.2. The van der Waals surface area contributed by atoms with Crippen molar-refractivity contribution in [1.29, 1.82) is 0 Å². The van der Waals surface area contributed by atoms with E-state index in [-0.39, 0.29) is 0 Å². The molecule has 0 spiro atoms. The van der Waals surface area contributed by atoms with E-state index in [4.69, 9.17) is 11.6 Å². The van der Waals surface area contributed by atoms with Crippen LogP contribution in [0, 0.1) is 6.92 Å². The predicted octanol–water partition coefficient (Wildman–Crippen LogP) is 3.26. The summed E-state index contributed by atoms with van der Waals surface area (Å²) in [6.45, 7) is 1.99. The molecular weight excluding hydrogens is 277 g/mol. The van der Waals surface area contributed by atoms with Crippen molar-refractivity contribution < 1.29 is 0 Å². The van der Waals surface area contributed by atoms with E-state index in [1.54, 1.807) is 0 Å². The highest BCUT2D eigenvalue weighted by molar-refractivity contribution is 9.10. The Hall–Kier alpha value is -1.00. The molecule has 3 nitrogen and oxygen atoms in total. The Morgan fingerprint density at radius 2 is 2.13 bits per heavy atom. The first-order valence-corrected chi connectivity index (χ1v) is 5.45. The molecule has 5 heteroatoms. The largest absolute Gasteiger partial charge is 0.220 e. The second kappa shape index (κ2) is 4.24. The molecule has 0 aliphatic rings. The molecule has 0 bridgehead atoms. The van der Waals surface area contributed by atoms with Crippen molar-refractivity contribution in [3.63, 3.8) is 0 Å². The lowest BCUT2D eigenvalue weighted by atomic mass is 10.1. The molecule has 1 aromatic heterocycles. The summed E-state index contributed by atoms with van der Waals surface area (Å²) < 4.78 is 0.977. The first-order valence-electron chi connectivity index (χ1n) is 4.28. The highest BCUT2D eigenvalue weighted by atomic mass is 79.9. The van der Waals surface area contributed by atoms with Crippen molar-refractivity contribution in [2.24, 2.45) is 0 Å². The molecule has 0 fully saturated rings. The third-order valence-corrected chi connectivity index (χ3v) is 2.80. The summed E-state index contributed by atoms with van der Waals surface area (Å²) in [5.41, 5.74) is 2.63. The van der Waals surface area contributed by atoms with Gasteiger partial charge in [0.15, 0.2) is 5.15 Å². The number of hydrogen-bond donors (Lipinski definition) is 0. The van der Waals surface area contributed by atoms with Gasteiger partial charge in [0.2, 0.25) is 0 Å². The van der Waals surface area contributed by atoms with Gasteiger partial charge in [-0.05, 0) is 24.6 Å². The molecule has 0 saturated carbocycles. The van der Waals surface area contributed by atoms with Gasteiger partial charge in [-0.15, -0.1) is 10.2 Å². The van der Waals surface area contributed by atoms with Crippen LogP contribution in [-0.2, 0) is 0 Å². The van der Waals surface area contributed by atoms with Crippen LogP contribution in [0.1, 0.15) is 5.56 Å². The second-order valence-electron chi connectivity index (χ2n) is 3.06. The van der Waals surface area contributed by atoms with Crippen molar-refractivity contribution in [2.75, 3.05) is 0 Å². The molecular formula is C10H7BrClN3. The zero-order valence-electron chi connectivity index (χ0n) is 7.91. The van der Waals surface area contributed by atoms with Gasteiger partial charge in [0.25, 0.3) is 0 Å². The minimum Gasteiger partial charge on any atom is -0.220 e. The average Bonchev–Trinajstić information content (AvgIpc) is 2.23. The van der Waals surface area contributed by atoms with Crippen LogP contribution in [0.3, 0.4) is 0 Å². The summed E-state index contributed by atoms with van der Waals surface area (Å²) >= 11 is 9.36. The van der Waals surface area contributed by atoms with Crippen molar-refractivity contribution in [3.05, 3.63) is 39.7 Å². The molecule has 0 atom stereocenters. The van der Waals surface area contributed by atoms with E-state index >= 15 is 0 Å². The summed E-state index contributed by atoms with van der Waals surface area (Å²) in [7, 11) is 0. The Balaban J connectivity index is 2.64. The molecule has 1 heterocycles. The minimum atomic E-state index is 0.367. The Morgan fingerprint density at radius 1 is 1.33 bits per heavy atom. The van der Waals surface area contributed by atoms with Crippen LogP contribution in [0.4, 0.5) is 0 Å². The number of benzene rings is 1. The summed E-state index contributed by atoms with van der Waals surface area (Å²) in [6.07, 6.45) is 1.33. The standard InChI is InChI=1S/C10H7BrClN3/c1-6-2-3-7(11)4-8(6)9-10(12)13-5-14-15-9/h2-5H,1H3. The van der Waals surface area contributed by atoms with Crippen LogP contribution < -0.4 is 0 Å². The van der Waals surface area contributed by atoms with Gasteiger partial charge in [0, 0.05) is 10.0 Å². The Kier molecular flexibility index (Phi) is 2.98. The van der Waals surface area contributed by atoms with Crippen molar-refractivity contribution in [2.45, 2.75) is 6.92 Å². The first-order chi connectivity index (χ1) is 7.18. The van der Waals surface area contributed by atoms with Gasteiger partial charge < -0.3 is 0 Å². The summed E-state index contributed by atoms with van der Waals surface area (Å²) in [5.74, 6) is 0. The van der Waals surface area contributed by atoms with Crippen LogP contribution in [-0.4, -0.2) is 15.2 Å².